The summed E-state index contributed by atoms with van der Waals surface area (Å²) in [6, 6.07) is 8.58. The van der Waals surface area contributed by atoms with Gasteiger partial charge in [0.05, 0.1) is 18.7 Å². The Morgan fingerprint density at radius 2 is 2.05 bits per heavy atom. The number of methoxy groups -OCH3 is 1. The van der Waals surface area contributed by atoms with E-state index in [2.05, 4.69) is 27.1 Å². The van der Waals surface area contributed by atoms with E-state index in [-0.39, 0.29) is 17.9 Å². The number of likely N-dealkylation sites (tertiary alicyclic amines) is 1. The van der Waals surface area contributed by atoms with Crippen LogP contribution in [0.5, 0.6) is 5.75 Å². The molecule has 0 spiro atoms. The number of nitrogens with zero attached hydrogens (tertiary/aromatic N) is 5. The highest BCUT2D eigenvalue weighted by Gasteiger charge is 2.33. The van der Waals surface area contributed by atoms with Crippen molar-refractivity contribution >= 4 is 29.0 Å². The third-order valence-corrected chi connectivity index (χ3v) is 6.53. The molecule has 10 heteroatoms. The second-order valence-corrected chi connectivity index (χ2v) is 8.97. The summed E-state index contributed by atoms with van der Waals surface area (Å²) in [5.41, 5.74) is 9.55. The summed E-state index contributed by atoms with van der Waals surface area (Å²) in [6.45, 7) is 4.18. The summed E-state index contributed by atoms with van der Waals surface area (Å²) in [4.78, 5) is 40.9. The fraction of sp³-hybridized carbons (Fsp3) is 0.250. The fourth-order valence-electron chi connectivity index (χ4n) is 4.73. The molecule has 0 bridgehead atoms. The molecular formula is C28H27N7O3. The maximum Gasteiger partial charge on any atom is 0.299 e. The van der Waals surface area contributed by atoms with Crippen LogP contribution < -0.4 is 15.8 Å². The van der Waals surface area contributed by atoms with Crippen molar-refractivity contribution in [2.45, 2.75) is 32.7 Å². The highest BCUT2D eigenvalue weighted by molar-refractivity contribution is 6.06. The van der Waals surface area contributed by atoms with E-state index in [0.717, 1.165) is 18.4 Å². The molecule has 0 radical (unpaired) electrons. The SMILES string of the molecule is CC#CC(=O)N1CCCC1c1nc(-c2ccc(C(=O)Nc3ccc(C)cn3)c(OC)c2)c2c(N)nccn12. The maximum absolute atomic E-state index is 13.0. The number of aromatic nitrogens is 4. The first-order valence-electron chi connectivity index (χ1n) is 12.2. The first kappa shape index (κ1) is 24.8. The lowest BCUT2D eigenvalue weighted by atomic mass is 10.1. The molecule has 3 aromatic heterocycles. The van der Waals surface area contributed by atoms with E-state index in [1.165, 1.54) is 7.11 Å². The quantitative estimate of drug-likeness (QED) is 0.393. The third kappa shape index (κ3) is 4.50. The van der Waals surface area contributed by atoms with Crippen molar-refractivity contribution < 1.29 is 14.3 Å². The van der Waals surface area contributed by atoms with Gasteiger partial charge >= 0.3 is 0 Å². The fourth-order valence-corrected chi connectivity index (χ4v) is 4.73. The Morgan fingerprint density at radius 1 is 1.21 bits per heavy atom. The lowest BCUT2D eigenvalue weighted by Gasteiger charge is -2.21. The number of ether oxygens (including phenoxy) is 1. The smallest absolute Gasteiger partial charge is 0.299 e. The molecule has 3 N–H and O–H groups in total. The molecule has 1 aliphatic rings. The number of fused-ring (bicyclic) bond motifs is 1. The van der Waals surface area contributed by atoms with Gasteiger partial charge in [0.2, 0.25) is 0 Å². The third-order valence-electron chi connectivity index (χ3n) is 6.53. The van der Waals surface area contributed by atoms with E-state index in [0.29, 0.717) is 52.1 Å². The number of carbonyl (C=O) groups is 2. The van der Waals surface area contributed by atoms with Gasteiger partial charge in [0.25, 0.3) is 11.8 Å². The average Bonchev–Trinajstić information content (AvgIpc) is 3.55. The maximum atomic E-state index is 13.0. The van der Waals surface area contributed by atoms with Crippen molar-refractivity contribution in [3.8, 4) is 28.8 Å². The molecule has 1 aromatic carbocycles. The van der Waals surface area contributed by atoms with Crippen LogP contribution >= 0.6 is 0 Å². The number of nitrogens with two attached hydrogens (primary N) is 1. The molecular weight excluding hydrogens is 482 g/mol. The Labute approximate surface area is 219 Å². The monoisotopic (exact) mass is 509 g/mol. The van der Waals surface area contributed by atoms with E-state index in [1.807, 2.05) is 17.4 Å². The number of amides is 2. The summed E-state index contributed by atoms with van der Waals surface area (Å²) < 4.78 is 7.46. The molecule has 1 unspecified atom stereocenters. The number of hydrogen-bond acceptors (Lipinski definition) is 7. The number of pyridine rings is 1. The van der Waals surface area contributed by atoms with Crippen molar-refractivity contribution in [1.29, 1.82) is 0 Å². The largest absolute Gasteiger partial charge is 0.496 e. The molecule has 38 heavy (non-hydrogen) atoms. The lowest BCUT2D eigenvalue weighted by molar-refractivity contribution is -0.126. The van der Waals surface area contributed by atoms with E-state index < -0.39 is 0 Å². The van der Waals surface area contributed by atoms with Gasteiger partial charge in [-0.05, 0) is 56.4 Å². The van der Waals surface area contributed by atoms with Gasteiger partial charge in [0.1, 0.15) is 34.4 Å². The molecule has 0 saturated carbocycles. The van der Waals surface area contributed by atoms with E-state index in [4.69, 9.17) is 15.5 Å². The zero-order valence-electron chi connectivity index (χ0n) is 21.4. The standard InChI is InChI=1S/C28H27N7O3/c1-4-6-23(36)34-13-5-7-20(34)27-33-24(25-26(29)30-12-14-35(25)27)18-9-10-19(21(15-18)38-3)28(37)32-22-11-8-17(2)16-31-22/h8-12,14-16,20H,5,7,13H2,1-3H3,(H2,29,30)(H,31,32,37). The van der Waals surface area contributed by atoms with Gasteiger partial charge in [-0.1, -0.05) is 18.1 Å². The van der Waals surface area contributed by atoms with Crippen LogP contribution in [-0.2, 0) is 4.79 Å². The number of anilines is 2. The van der Waals surface area contributed by atoms with E-state index >= 15 is 0 Å². The van der Waals surface area contributed by atoms with E-state index in [1.54, 1.807) is 54.7 Å². The van der Waals surface area contributed by atoms with Gasteiger partial charge in [0, 0.05) is 30.7 Å². The number of rotatable bonds is 5. The predicted molar refractivity (Wildman–Crippen MR) is 143 cm³/mol. The van der Waals surface area contributed by atoms with Crippen molar-refractivity contribution in [3.05, 3.63) is 65.9 Å². The second kappa shape index (κ2) is 10.2. The summed E-state index contributed by atoms with van der Waals surface area (Å²) in [5.74, 6) is 6.55. The van der Waals surface area contributed by atoms with Crippen LogP contribution in [0.3, 0.4) is 0 Å². The van der Waals surface area contributed by atoms with Gasteiger partial charge in [-0.3, -0.25) is 14.0 Å². The van der Waals surface area contributed by atoms with Crippen molar-refractivity contribution in [2.24, 2.45) is 0 Å². The van der Waals surface area contributed by atoms with Crippen LogP contribution in [0.1, 0.15) is 47.6 Å². The molecule has 0 aliphatic carbocycles. The summed E-state index contributed by atoms with van der Waals surface area (Å²) >= 11 is 0. The number of nitrogens with one attached hydrogen (secondary N) is 1. The van der Waals surface area contributed by atoms with Crippen LogP contribution in [0.25, 0.3) is 16.8 Å². The van der Waals surface area contributed by atoms with Crippen LogP contribution in [0, 0.1) is 18.8 Å². The van der Waals surface area contributed by atoms with Gasteiger partial charge in [-0.25, -0.2) is 15.0 Å². The lowest BCUT2D eigenvalue weighted by Crippen LogP contribution is -2.30. The minimum atomic E-state index is -0.349. The predicted octanol–water partition coefficient (Wildman–Crippen LogP) is 3.63. The van der Waals surface area contributed by atoms with Gasteiger partial charge < -0.3 is 20.7 Å². The Bertz CT molecular complexity index is 1600. The summed E-state index contributed by atoms with van der Waals surface area (Å²) in [6.07, 6.45) is 6.69. The van der Waals surface area contributed by atoms with E-state index in [9.17, 15) is 9.59 Å². The molecule has 5 rings (SSSR count). The summed E-state index contributed by atoms with van der Waals surface area (Å²) in [5, 5.41) is 2.80. The first-order valence-corrected chi connectivity index (χ1v) is 12.2. The van der Waals surface area contributed by atoms with Gasteiger partial charge in [0.15, 0.2) is 0 Å². The second-order valence-electron chi connectivity index (χ2n) is 8.97. The Morgan fingerprint density at radius 3 is 2.79 bits per heavy atom. The molecule has 1 aliphatic heterocycles. The number of hydrogen-bond donors (Lipinski definition) is 2. The number of nitrogen functional groups attached to an aromatic ring is 1. The normalized spacial score (nSPS) is 14.7. The topological polar surface area (TPSA) is 128 Å². The highest BCUT2D eigenvalue weighted by atomic mass is 16.5. The highest BCUT2D eigenvalue weighted by Crippen LogP contribution is 2.37. The minimum Gasteiger partial charge on any atom is -0.496 e. The van der Waals surface area contributed by atoms with Crippen LogP contribution in [0.15, 0.2) is 48.9 Å². The zero-order valence-corrected chi connectivity index (χ0v) is 21.4. The molecule has 2 amide bonds. The number of imidazole rings is 1. The minimum absolute atomic E-state index is 0.226. The molecule has 1 atom stereocenters. The summed E-state index contributed by atoms with van der Waals surface area (Å²) in [7, 11) is 1.50. The van der Waals surface area contributed by atoms with Crippen molar-refractivity contribution in [2.75, 3.05) is 24.7 Å². The first-order chi connectivity index (χ1) is 18.4. The molecule has 4 aromatic rings. The van der Waals surface area contributed by atoms with Gasteiger partial charge in [-0.2, -0.15) is 0 Å². The molecule has 1 saturated heterocycles. The van der Waals surface area contributed by atoms with Crippen LogP contribution in [-0.4, -0.2) is 49.7 Å². The number of benzene rings is 1. The van der Waals surface area contributed by atoms with Crippen molar-refractivity contribution in [1.82, 2.24) is 24.3 Å². The average molecular weight is 510 g/mol. The zero-order chi connectivity index (χ0) is 26.8. The molecule has 192 valence electrons. The van der Waals surface area contributed by atoms with Crippen LogP contribution in [0.4, 0.5) is 11.6 Å². The Hall–Kier alpha value is -4.91. The molecule has 4 heterocycles. The Balaban J connectivity index is 1.55. The Kier molecular flexibility index (Phi) is 6.66. The number of carbonyl (C=O) groups excluding carboxylic acids is 2. The van der Waals surface area contributed by atoms with Gasteiger partial charge in [-0.15, -0.1) is 0 Å². The molecule has 1 fully saturated rings. The number of aryl methyl sites for hydroxylation is 1. The van der Waals surface area contributed by atoms with Crippen molar-refractivity contribution in [3.63, 3.8) is 0 Å². The molecule has 10 nitrogen and oxygen atoms in total. The van der Waals surface area contributed by atoms with Crippen LogP contribution in [0.2, 0.25) is 0 Å².